The van der Waals surface area contributed by atoms with Crippen molar-refractivity contribution in [3.63, 3.8) is 0 Å². The fourth-order valence-electron chi connectivity index (χ4n) is 2.27. The molecule has 21 heavy (non-hydrogen) atoms. The molecule has 0 spiro atoms. The predicted molar refractivity (Wildman–Crippen MR) is 90.4 cm³/mol. The summed E-state index contributed by atoms with van der Waals surface area (Å²) in [5, 5.41) is 4.10. The third-order valence-electron chi connectivity index (χ3n) is 3.29. The fraction of sp³-hybridized carbons (Fsp3) is 0.278. The summed E-state index contributed by atoms with van der Waals surface area (Å²) in [4.78, 5) is 4.42. The predicted octanol–water partition coefficient (Wildman–Crippen LogP) is 5.03. The Bertz CT molecular complexity index is 671. The molecule has 1 aromatic carbocycles. The molecule has 1 aromatic heterocycles. The Hall–Kier alpha value is -1.80. The molecule has 2 nitrogen and oxygen atoms in total. The van der Waals surface area contributed by atoms with Gasteiger partial charge in [-0.15, -0.1) is 0 Å². The standard InChI is InChI=1S/C18H21ClN2/c1-12(2)9-20-10-15-11-21-14(4)8-18(15)17-6-5-16(19)7-13(17)3/h5-9,11,20H,10H2,1-4H3. The Morgan fingerprint density at radius 1 is 1.19 bits per heavy atom. The van der Waals surface area contributed by atoms with E-state index in [1.807, 2.05) is 31.5 Å². The number of hydrogen-bond donors (Lipinski definition) is 1. The van der Waals surface area contributed by atoms with Gasteiger partial charge in [-0.1, -0.05) is 23.2 Å². The molecule has 2 rings (SSSR count). The lowest BCUT2D eigenvalue weighted by Gasteiger charge is -2.13. The first kappa shape index (κ1) is 15.6. The van der Waals surface area contributed by atoms with Crippen molar-refractivity contribution in [2.45, 2.75) is 34.2 Å². The molecule has 110 valence electrons. The van der Waals surface area contributed by atoms with E-state index in [-0.39, 0.29) is 0 Å². The summed E-state index contributed by atoms with van der Waals surface area (Å²) in [5.74, 6) is 0. The highest BCUT2D eigenvalue weighted by molar-refractivity contribution is 6.30. The van der Waals surface area contributed by atoms with Crippen LogP contribution >= 0.6 is 11.6 Å². The monoisotopic (exact) mass is 300 g/mol. The Kier molecular flexibility index (Phi) is 5.03. The normalized spacial score (nSPS) is 10.3. The van der Waals surface area contributed by atoms with E-state index in [4.69, 9.17) is 11.6 Å². The summed E-state index contributed by atoms with van der Waals surface area (Å²) in [6.07, 6.45) is 3.98. The van der Waals surface area contributed by atoms with Gasteiger partial charge in [0.05, 0.1) is 0 Å². The lowest BCUT2D eigenvalue weighted by atomic mass is 9.96. The number of nitrogens with zero attached hydrogens (tertiary/aromatic N) is 1. The number of rotatable bonds is 4. The summed E-state index contributed by atoms with van der Waals surface area (Å²) in [7, 11) is 0. The highest BCUT2D eigenvalue weighted by Crippen LogP contribution is 2.29. The van der Waals surface area contributed by atoms with E-state index in [2.05, 4.69) is 43.2 Å². The molecule has 0 saturated heterocycles. The second-order valence-electron chi connectivity index (χ2n) is 5.54. The SMILES string of the molecule is CC(C)=CNCc1cnc(C)cc1-c1ccc(Cl)cc1C. The summed E-state index contributed by atoms with van der Waals surface area (Å²) >= 11 is 6.06. The number of hydrogen-bond acceptors (Lipinski definition) is 2. The van der Waals surface area contributed by atoms with E-state index < -0.39 is 0 Å². The molecule has 0 fully saturated rings. The highest BCUT2D eigenvalue weighted by atomic mass is 35.5. The van der Waals surface area contributed by atoms with Gasteiger partial charge in [-0.25, -0.2) is 0 Å². The van der Waals surface area contributed by atoms with Crippen LogP contribution in [-0.4, -0.2) is 4.98 Å². The topological polar surface area (TPSA) is 24.9 Å². The molecule has 3 heteroatoms. The average Bonchev–Trinajstić information content (AvgIpc) is 2.40. The Balaban J connectivity index is 2.41. The van der Waals surface area contributed by atoms with Crippen LogP contribution in [0.5, 0.6) is 0 Å². The van der Waals surface area contributed by atoms with Gasteiger partial charge < -0.3 is 5.32 Å². The molecule has 2 aromatic rings. The number of benzene rings is 1. The summed E-state index contributed by atoms with van der Waals surface area (Å²) < 4.78 is 0. The van der Waals surface area contributed by atoms with Crippen molar-refractivity contribution in [3.8, 4) is 11.1 Å². The number of allylic oxidation sites excluding steroid dienone is 1. The molecular formula is C18H21ClN2. The smallest absolute Gasteiger partial charge is 0.0416 e. The maximum absolute atomic E-state index is 6.06. The average molecular weight is 301 g/mol. The molecule has 0 saturated carbocycles. The number of halogens is 1. The van der Waals surface area contributed by atoms with E-state index >= 15 is 0 Å². The van der Waals surface area contributed by atoms with Crippen molar-refractivity contribution < 1.29 is 0 Å². The van der Waals surface area contributed by atoms with E-state index in [0.29, 0.717) is 0 Å². The molecule has 1 N–H and O–H groups in total. The molecule has 0 aliphatic rings. The van der Waals surface area contributed by atoms with Crippen molar-refractivity contribution in [2.24, 2.45) is 0 Å². The first-order valence-corrected chi connectivity index (χ1v) is 7.44. The van der Waals surface area contributed by atoms with Crippen LogP contribution in [0.4, 0.5) is 0 Å². The van der Waals surface area contributed by atoms with Crippen LogP contribution in [0.25, 0.3) is 11.1 Å². The van der Waals surface area contributed by atoms with E-state index in [9.17, 15) is 0 Å². The van der Waals surface area contributed by atoms with Crippen LogP contribution in [0.15, 0.2) is 42.2 Å². The van der Waals surface area contributed by atoms with Crippen molar-refractivity contribution in [1.82, 2.24) is 10.3 Å². The largest absolute Gasteiger partial charge is 0.387 e. The Morgan fingerprint density at radius 3 is 2.62 bits per heavy atom. The molecule has 0 bridgehead atoms. The number of aryl methyl sites for hydroxylation is 2. The van der Waals surface area contributed by atoms with Gasteiger partial charge >= 0.3 is 0 Å². The van der Waals surface area contributed by atoms with E-state index in [1.165, 1.54) is 27.8 Å². The van der Waals surface area contributed by atoms with E-state index in [1.54, 1.807) is 0 Å². The summed E-state index contributed by atoms with van der Waals surface area (Å²) in [6, 6.07) is 8.15. The zero-order valence-corrected chi connectivity index (χ0v) is 13.8. The second-order valence-corrected chi connectivity index (χ2v) is 5.98. The quantitative estimate of drug-likeness (QED) is 0.856. The molecule has 0 amide bonds. The highest BCUT2D eigenvalue weighted by Gasteiger charge is 2.09. The van der Waals surface area contributed by atoms with Gasteiger partial charge in [0.15, 0.2) is 0 Å². The molecule has 0 aliphatic heterocycles. The fourth-order valence-corrected chi connectivity index (χ4v) is 2.50. The third kappa shape index (κ3) is 4.08. The minimum Gasteiger partial charge on any atom is -0.387 e. The van der Waals surface area contributed by atoms with Gasteiger partial charge in [-0.05, 0) is 74.3 Å². The third-order valence-corrected chi connectivity index (χ3v) is 3.52. The molecule has 0 atom stereocenters. The minimum atomic E-state index is 0.760. The lowest BCUT2D eigenvalue weighted by Crippen LogP contribution is -2.07. The molecule has 0 unspecified atom stereocenters. The molecule has 1 heterocycles. The Morgan fingerprint density at radius 2 is 1.95 bits per heavy atom. The van der Waals surface area contributed by atoms with Crippen LogP contribution in [0, 0.1) is 13.8 Å². The molecular weight excluding hydrogens is 280 g/mol. The second kappa shape index (κ2) is 6.77. The lowest BCUT2D eigenvalue weighted by molar-refractivity contribution is 0.854. The molecule has 0 aliphatic carbocycles. The van der Waals surface area contributed by atoms with Gasteiger partial charge in [-0.2, -0.15) is 0 Å². The van der Waals surface area contributed by atoms with Crippen molar-refractivity contribution in [3.05, 3.63) is 64.1 Å². The number of pyridine rings is 1. The maximum Gasteiger partial charge on any atom is 0.0416 e. The maximum atomic E-state index is 6.06. The number of nitrogens with one attached hydrogen (secondary N) is 1. The van der Waals surface area contributed by atoms with Crippen LogP contribution in [-0.2, 0) is 6.54 Å². The van der Waals surface area contributed by atoms with Crippen LogP contribution in [0.1, 0.15) is 30.7 Å². The zero-order valence-electron chi connectivity index (χ0n) is 13.0. The van der Waals surface area contributed by atoms with Gasteiger partial charge in [0.1, 0.15) is 0 Å². The molecule has 0 radical (unpaired) electrons. The van der Waals surface area contributed by atoms with Crippen molar-refractivity contribution in [2.75, 3.05) is 0 Å². The Labute approximate surface area is 131 Å². The van der Waals surface area contributed by atoms with Crippen LogP contribution in [0.3, 0.4) is 0 Å². The van der Waals surface area contributed by atoms with Crippen molar-refractivity contribution >= 4 is 11.6 Å². The zero-order chi connectivity index (χ0) is 15.4. The number of aromatic nitrogens is 1. The van der Waals surface area contributed by atoms with Gasteiger partial charge in [0.25, 0.3) is 0 Å². The van der Waals surface area contributed by atoms with Crippen molar-refractivity contribution in [1.29, 1.82) is 0 Å². The first-order chi connectivity index (χ1) is 9.97. The summed E-state index contributed by atoms with van der Waals surface area (Å²) in [6.45, 7) is 9.01. The van der Waals surface area contributed by atoms with Crippen LogP contribution < -0.4 is 5.32 Å². The van der Waals surface area contributed by atoms with E-state index in [0.717, 1.165) is 17.3 Å². The van der Waals surface area contributed by atoms with Crippen LogP contribution in [0.2, 0.25) is 5.02 Å². The first-order valence-electron chi connectivity index (χ1n) is 7.06. The van der Waals surface area contributed by atoms with Gasteiger partial charge in [0.2, 0.25) is 0 Å². The summed E-state index contributed by atoms with van der Waals surface area (Å²) in [5.41, 5.74) is 7.05. The van der Waals surface area contributed by atoms with Gasteiger partial charge in [0, 0.05) is 23.5 Å². The van der Waals surface area contributed by atoms with Gasteiger partial charge in [-0.3, -0.25) is 4.98 Å². The minimum absolute atomic E-state index is 0.760.